The van der Waals surface area contributed by atoms with Crippen LogP contribution in [0.15, 0.2) is 164 Å². The number of fused-ring (bicyclic) bond motifs is 8. The number of aromatic nitrogens is 5. The summed E-state index contributed by atoms with van der Waals surface area (Å²) in [6.45, 7) is 0. The summed E-state index contributed by atoms with van der Waals surface area (Å²) in [6, 6.07) is 57.3. The largest absolute Gasteiger partial charge is 0.307 e. The molecule has 0 radical (unpaired) electrons. The summed E-state index contributed by atoms with van der Waals surface area (Å²) in [7, 11) is 0. The van der Waals surface area contributed by atoms with E-state index in [1.165, 1.54) is 21.5 Å². The van der Waals surface area contributed by atoms with Gasteiger partial charge in [-0.15, -0.1) is 0 Å². The molecule has 10 aromatic rings. The molecule has 3 aromatic heterocycles. The molecule has 3 heterocycles. The molecule has 0 N–H and O–H groups in total. The monoisotopic (exact) mass is 613 g/mol. The van der Waals surface area contributed by atoms with Crippen LogP contribution >= 0.6 is 0 Å². The second kappa shape index (κ2) is 10.5. The lowest BCUT2D eigenvalue weighted by Gasteiger charge is -2.13. The van der Waals surface area contributed by atoms with Gasteiger partial charge in [0.1, 0.15) is 0 Å². The van der Waals surface area contributed by atoms with Gasteiger partial charge in [0.15, 0.2) is 11.6 Å². The van der Waals surface area contributed by atoms with Crippen LogP contribution in [0.25, 0.3) is 88.8 Å². The van der Waals surface area contributed by atoms with Crippen molar-refractivity contribution >= 4 is 54.4 Å². The zero-order chi connectivity index (χ0) is 31.6. The smallest absolute Gasteiger partial charge is 0.238 e. The Labute approximate surface area is 276 Å². The Bertz CT molecular complexity index is 2770. The van der Waals surface area contributed by atoms with Crippen molar-refractivity contribution < 1.29 is 0 Å². The summed E-state index contributed by atoms with van der Waals surface area (Å²) in [5.41, 5.74) is 7.35. The maximum Gasteiger partial charge on any atom is 0.238 e. The summed E-state index contributed by atoms with van der Waals surface area (Å²) in [4.78, 5) is 15.4. The van der Waals surface area contributed by atoms with E-state index in [-0.39, 0.29) is 0 Å². The molecule has 0 saturated heterocycles. The highest BCUT2D eigenvalue weighted by molar-refractivity contribution is 6.23. The van der Waals surface area contributed by atoms with Crippen molar-refractivity contribution in [2.75, 3.05) is 0 Å². The summed E-state index contributed by atoms with van der Waals surface area (Å²) < 4.78 is 4.65. The van der Waals surface area contributed by atoms with Crippen LogP contribution in [0.2, 0.25) is 0 Å². The molecule has 0 spiro atoms. The first-order chi connectivity index (χ1) is 23.8. The van der Waals surface area contributed by atoms with E-state index in [4.69, 9.17) is 15.0 Å². The fourth-order valence-electron chi connectivity index (χ4n) is 7.19. The molecule has 0 amide bonds. The summed E-state index contributed by atoms with van der Waals surface area (Å²) in [6.07, 6.45) is 0. The highest BCUT2D eigenvalue weighted by Gasteiger charge is 2.23. The van der Waals surface area contributed by atoms with Gasteiger partial charge in [0.25, 0.3) is 0 Å². The predicted molar refractivity (Wildman–Crippen MR) is 197 cm³/mol. The first-order valence-corrected chi connectivity index (χ1v) is 16.1. The number of rotatable bonds is 4. The number of benzene rings is 7. The number of hydrogen-bond acceptors (Lipinski definition) is 3. The lowest BCUT2D eigenvalue weighted by Crippen LogP contribution is -2.07. The Morgan fingerprint density at radius 3 is 1.48 bits per heavy atom. The first kappa shape index (κ1) is 26.6. The number of para-hydroxylation sites is 2. The Balaban J connectivity index is 1.38. The van der Waals surface area contributed by atoms with Crippen molar-refractivity contribution in [3.8, 4) is 34.4 Å². The average molecular weight is 614 g/mol. The van der Waals surface area contributed by atoms with Gasteiger partial charge in [-0.1, -0.05) is 140 Å². The van der Waals surface area contributed by atoms with Crippen molar-refractivity contribution in [1.82, 2.24) is 24.1 Å². The third kappa shape index (κ3) is 4.01. The summed E-state index contributed by atoms with van der Waals surface area (Å²) >= 11 is 0. The normalized spacial score (nSPS) is 11.8. The standard InChI is InChI=1S/C43H27N5/c1-3-14-29(15-4-1)41-44-42(30-16-5-2-6-17-30)46-43(45-41)48-38-22-12-10-20-34(38)36-26-25-35-33-19-9-11-21-37(33)47(39(35)40(36)48)32-24-23-28-13-7-8-18-31(28)27-32/h1-27H. The van der Waals surface area contributed by atoms with E-state index in [1.807, 2.05) is 36.4 Å². The lowest BCUT2D eigenvalue weighted by atomic mass is 10.1. The molecule has 0 aliphatic carbocycles. The molecule has 0 bridgehead atoms. The lowest BCUT2D eigenvalue weighted by molar-refractivity contribution is 0.953. The fraction of sp³-hybridized carbons (Fsp3) is 0. The van der Waals surface area contributed by atoms with Crippen molar-refractivity contribution in [3.05, 3.63) is 164 Å². The zero-order valence-corrected chi connectivity index (χ0v) is 25.8. The van der Waals surface area contributed by atoms with E-state index in [2.05, 4.69) is 137 Å². The van der Waals surface area contributed by atoms with Gasteiger partial charge in [-0.3, -0.25) is 4.57 Å². The molecule has 5 nitrogen and oxygen atoms in total. The molecular weight excluding hydrogens is 587 g/mol. The second-order valence-electron chi connectivity index (χ2n) is 12.1. The van der Waals surface area contributed by atoms with Crippen LogP contribution in [0.5, 0.6) is 0 Å². The second-order valence-corrected chi connectivity index (χ2v) is 12.1. The summed E-state index contributed by atoms with van der Waals surface area (Å²) in [5.74, 6) is 1.84. The van der Waals surface area contributed by atoms with Crippen LogP contribution in [-0.2, 0) is 0 Å². The molecule has 0 atom stereocenters. The SMILES string of the molecule is c1ccc(-c2nc(-c3ccccc3)nc(-n3c4ccccc4c4ccc5c6ccccc6n(-c6ccc7ccccc7c6)c5c43)n2)cc1. The minimum absolute atomic E-state index is 0.580. The van der Waals surface area contributed by atoms with Gasteiger partial charge in [-0.2, -0.15) is 9.97 Å². The van der Waals surface area contributed by atoms with E-state index in [9.17, 15) is 0 Å². The van der Waals surface area contributed by atoms with Crippen LogP contribution in [0.1, 0.15) is 0 Å². The summed E-state index contributed by atoms with van der Waals surface area (Å²) in [5, 5.41) is 7.08. The van der Waals surface area contributed by atoms with E-state index in [0.717, 1.165) is 49.7 Å². The van der Waals surface area contributed by atoms with Crippen molar-refractivity contribution in [2.24, 2.45) is 0 Å². The molecule has 7 aromatic carbocycles. The maximum absolute atomic E-state index is 5.21. The number of nitrogens with zero attached hydrogens (tertiary/aromatic N) is 5. The third-order valence-electron chi connectivity index (χ3n) is 9.35. The molecule has 0 fully saturated rings. The zero-order valence-electron chi connectivity index (χ0n) is 25.8. The highest BCUT2D eigenvalue weighted by atomic mass is 15.2. The van der Waals surface area contributed by atoms with Crippen molar-refractivity contribution in [1.29, 1.82) is 0 Å². The molecule has 0 saturated carbocycles. The number of hydrogen-bond donors (Lipinski definition) is 0. The van der Waals surface area contributed by atoms with Gasteiger partial charge in [-0.05, 0) is 35.0 Å². The Morgan fingerprint density at radius 1 is 0.354 bits per heavy atom. The fourth-order valence-corrected chi connectivity index (χ4v) is 7.19. The van der Waals surface area contributed by atoms with Gasteiger partial charge < -0.3 is 4.57 Å². The van der Waals surface area contributed by atoms with Crippen LogP contribution in [0, 0.1) is 0 Å². The molecule has 10 rings (SSSR count). The van der Waals surface area contributed by atoms with Crippen molar-refractivity contribution in [2.45, 2.75) is 0 Å². The van der Waals surface area contributed by atoms with E-state index >= 15 is 0 Å². The molecule has 48 heavy (non-hydrogen) atoms. The van der Waals surface area contributed by atoms with Gasteiger partial charge in [0.2, 0.25) is 5.95 Å². The Morgan fingerprint density at radius 2 is 0.854 bits per heavy atom. The van der Waals surface area contributed by atoms with E-state index < -0.39 is 0 Å². The molecule has 0 aliphatic rings. The van der Waals surface area contributed by atoms with E-state index in [0.29, 0.717) is 17.6 Å². The van der Waals surface area contributed by atoms with Crippen LogP contribution in [-0.4, -0.2) is 24.1 Å². The molecule has 224 valence electrons. The van der Waals surface area contributed by atoms with Crippen LogP contribution in [0.4, 0.5) is 0 Å². The first-order valence-electron chi connectivity index (χ1n) is 16.1. The molecule has 5 heteroatoms. The van der Waals surface area contributed by atoms with Crippen LogP contribution < -0.4 is 0 Å². The van der Waals surface area contributed by atoms with Crippen LogP contribution in [0.3, 0.4) is 0 Å². The minimum atomic E-state index is 0.580. The Kier molecular flexibility index (Phi) is 5.81. The van der Waals surface area contributed by atoms with Gasteiger partial charge in [0.05, 0.1) is 22.1 Å². The van der Waals surface area contributed by atoms with Gasteiger partial charge in [0, 0.05) is 38.4 Å². The molecular formula is C43H27N5. The highest BCUT2D eigenvalue weighted by Crippen LogP contribution is 2.41. The third-order valence-corrected chi connectivity index (χ3v) is 9.35. The van der Waals surface area contributed by atoms with Gasteiger partial charge in [-0.25, -0.2) is 4.98 Å². The molecule has 0 aliphatic heterocycles. The minimum Gasteiger partial charge on any atom is -0.307 e. The Hall–Kier alpha value is -6.59. The maximum atomic E-state index is 5.21. The quantitative estimate of drug-likeness (QED) is 0.198. The van der Waals surface area contributed by atoms with Gasteiger partial charge >= 0.3 is 0 Å². The van der Waals surface area contributed by atoms with E-state index in [1.54, 1.807) is 0 Å². The van der Waals surface area contributed by atoms with Crippen molar-refractivity contribution in [3.63, 3.8) is 0 Å². The molecule has 0 unspecified atom stereocenters. The predicted octanol–water partition coefficient (Wildman–Crippen LogP) is 10.6. The average Bonchev–Trinajstić information content (AvgIpc) is 3.68. The topological polar surface area (TPSA) is 48.5 Å².